The highest BCUT2D eigenvalue weighted by Gasteiger charge is 2.36. The molecule has 0 spiro atoms. The number of benzene rings is 2. The van der Waals surface area contributed by atoms with Crippen molar-refractivity contribution in [3.63, 3.8) is 0 Å². The molecule has 0 aromatic heterocycles. The second-order valence-electron chi connectivity index (χ2n) is 13.7. The summed E-state index contributed by atoms with van der Waals surface area (Å²) in [6.45, 7) is 12.1. The number of aliphatic hydroxyl groups excluding tert-OH is 2. The Bertz CT molecular complexity index is 1200. The number of amides is 2. The first kappa shape index (κ1) is 35.7. The van der Waals surface area contributed by atoms with E-state index < -0.39 is 35.9 Å². The number of nitrogens with zero attached hydrogens (tertiary/aromatic N) is 1. The number of carbonyl (C=O) groups excluding carboxylic acids is 2. The van der Waals surface area contributed by atoms with E-state index in [1.807, 2.05) is 61.5 Å². The highest BCUT2D eigenvalue weighted by atomic mass is 16.6. The zero-order valence-electron chi connectivity index (χ0n) is 27.8. The van der Waals surface area contributed by atoms with Gasteiger partial charge < -0.3 is 35.1 Å². The molecule has 1 saturated heterocycles. The van der Waals surface area contributed by atoms with Crippen molar-refractivity contribution >= 4 is 12.0 Å². The lowest BCUT2D eigenvalue weighted by Gasteiger charge is -2.30. The Morgan fingerprint density at radius 1 is 1.00 bits per heavy atom. The molecule has 2 amide bonds. The van der Waals surface area contributed by atoms with Crippen molar-refractivity contribution in [3.05, 3.63) is 65.7 Å². The van der Waals surface area contributed by atoms with Gasteiger partial charge in [0.05, 0.1) is 37.5 Å². The molecule has 2 fully saturated rings. The molecule has 4 N–H and O–H groups in total. The summed E-state index contributed by atoms with van der Waals surface area (Å²) in [6, 6.07) is 16.3. The average molecular weight is 640 g/mol. The van der Waals surface area contributed by atoms with Crippen LogP contribution in [0.15, 0.2) is 54.6 Å². The van der Waals surface area contributed by atoms with Crippen LogP contribution in [-0.4, -0.2) is 96.5 Å². The molecular weight excluding hydrogens is 586 g/mol. The summed E-state index contributed by atoms with van der Waals surface area (Å²) in [5.74, 6) is 0.0729. The van der Waals surface area contributed by atoms with Crippen LogP contribution in [0.3, 0.4) is 0 Å². The fraction of sp³-hybridized carbons (Fsp3) is 0.611. The van der Waals surface area contributed by atoms with Gasteiger partial charge >= 0.3 is 6.09 Å². The Kier molecular flexibility index (Phi) is 13.3. The molecule has 10 heteroatoms. The maximum absolute atomic E-state index is 13.8. The normalized spacial score (nSPS) is 22.4. The maximum Gasteiger partial charge on any atom is 0.407 e. The van der Waals surface area contributed by atoms with E-state index in [1.54, 1.807) is 20.8 Å². The molecule has 0 radical (unpaired) electrons. The summed E-state index contributed by atoms with van der Waals surface area (Å²) >= 11 is 0. The number of ether oxygens (including phenoxy) is 3. The van der Waals surface area contributed by atoms with Gasteiger partial charge in [-0.3, -0.25) is 9.69 Å². The van der Waals surface area contributed by atoms with Crippen molar-refractivity contribution in [1.29, 1.82) is 0 Å². The van der Waals surface area contributed by atoms with E-state index in [4.69, 9.17) is 14.2 Å². The van der Waals surface area contributed by atoms with Crippen molar-refractivity contribution in [2.45, 2.75) is 89.7 Å². The second kappa shape index (κ2) is 17.1. The van der Waals surface area contributed by atoms with Crippen LogP contribution in [-0.2, 0) is 27.1 Å². The standard InChI is InChI=1S/C36H53N3O7/c1-25-10-15-31(40)33(25)38-34(42)28(22-27-11-13-29(14-12-27)45-21-18-39-16-19-44-20-17-39)24-32(41)30(23-26-8-6-5-7-9-26)37-35(43)46-36(2,3)4/h5-9,11-14,25,28,30-33,40-41H,10,15-24H2,1-4H3,(H,37,43)(H,38,42)/t25-,28-,30+,31-,32+,33+/m1/s1. The molecule has 1 saturated carbocycles. The summed E-state index contributed by atoms with van der Waals surface area (Å²) in [5.41, 5.74) is 1.16. The van der Waals surface area contributed by atoms with E-state index in [-0.39, 0.29) is 24.3 Å². The van der Waals surface area contributed by atoms with E-state index >= 15 is 0 Å². The fourth-order valence-corrected chi connectivity index (χ4v) is 6.17. The fourth-order valence-electron chi connectivity index (χ4n) is 6.17. The maximum atomic E-state index is 13.8. The molecule has 4 rings (SSSR count). The number of morpholine rings is 1. The lowest BCUT2D eigenvalue weighted by molar-refractivity contribution is -0.127. The predicted octanol–water partition coefficient (Wildman–Crippen LogP) is 3.72. The van der Waals surface area contributed by atoms with Crippen LogP contribution in [0.5, 0.6) is 5.75 Å². The Hall–Kier alpha value is -3.18. The minimum Gasteiger partial charge on any atom is -0.492 e. The van der Waals surface area contributed by atoms with Gasteiger partial charge in [-0.05, 0) is 82.1 Å². The van der Waals surface area contributed by atoms with Gasteiger partial charge in [0.2, 0.25) is 5.91 Å². The molecule has 46 heavy (non-hydrogen) atoms. The monoisotopic (exact) mass is 639 g/mol. The summed E-state index contributed by atoms with van der Waals surface area (Å²) in [5, 5.41) is 28.1. The number of aliphatic hydroxyl groups is 2. The molecule has 10 nitrogen and oxygen atoms in total. The van der Waals surface area contributed by atoms with Crippen LogP contribution in [0.1, 0.15) is 58.1 Å². The molecule has 1 heterocycles. The van der Waals surface area contributed by atoms with E-state index in [0.717, 1.165) is 56.1 Å². The Morgan fingerprint density at radius 2 is 1.67 bits per heavy atom. The van der Waals surface area contributed by atoms with Gasteiger partial charge in [0.25, 0.3) is 0 Å². The van der Waals surface area contributed by atoms with Crippen molar-refractivity contribution in [2.75, 3.05) is 39.5 Å². The molecular formula is C36H53N3O7. The van der Waals surface area contributed by atoms with Crippen molar-refractivity contribution in [1.82, 2.24) is 15.5 Å². The Balaban J connectivity index is 1.46. The minimum atomic E-state index is -1.04. The first-order valence-corrected chi connectivity index (χ1v) is 16.7. The van der Waals surface area contributed by atoms with Crippen LogP contribution >= 0.6 is 0 Å². The zero-order valence-corrected chi connectivity index (χ0v) is 27.8. The van der Waals surface area contributed by atoms with Crippen molar-refractivity contribution < 1.29 is 34.0 Å². The Labute approximate surface area is 273 Å². The molecule has 6 atom stereocenters. The molecule has 254 valence electrons. The molecule has 2 aromatic carbocycles. The largest absolute Gasteiger partial charge is 0.492 e. The van der Waals surface area contributed by atoms with Crippen LogP contribution < -0.4 is 15.4 Å². The molecule has 2 aliphatic rings. The van der Waals surface area contributed by atoms with Crippen LogP contribution in [0, 0.1) is 11.8 Å². The number of hydrogen-bond donors (Lipinski definition) is 4. The summed E-state index contributed by atoms with van der Waals surface area (Å²) in [7, 11) is 0. The number of alkyl carbamates (subject to hydrolysis) is 1. The highest BCUT2D eigenvalue weighted by molar-refractivity contribution is 5.79. The van der Waals surface area contributed by atoms with Gasteiger partial charge in [0, 0.05) is 25.6 Å². The van der Waals surface area contributed by atoms with Gasteiger partial charge in [-0.25, -0.2) is 4.79 Å². The zero-order chi connectivity index (χ0) is 33.1. The molecule has 1 aliphatic carbocycles. The minimum absolute atomic E-state index is 0.105. The van der Waals surface area contributed by atoms with E-state index in [9.17, 15) is 19.8 Å². The van der Waals surface area contributed by atoms with Gasteiger partial charge in [-0.15, -0.1) is 0 Å². The number of nitrogens with one attached hydrogen (secondary N) is 2. The summed E-state index contributed by atoms with van der Waals surface area (Å²) < 4.78 is 16.9. The highest BCUT2D eigenvalue weighted by Crippen LogP contribution is 2.27. The third-order valence-electron chi connectivity index (χ3n) is 8.80. The smallest absolute Gasteiger partial charge is 0.407 e. The topological polar surface area (TPSA) is 130 Å². The molecule has 0 bridgehead atoms. The summed E-state index contributed by atoms with van der Waals surface area (Å²) in [4.78, 5) is 28.9. The summed E-state index contributed by atoms with van der Waals surface area (Å²) in [6.07, 6.45) is 0.0596. The second-order valence-corrected chi connectivity index (χ2v) is 13.7. The third kappa shape index (κ3) is 11.6. The van der Waals surface area contributed by atoms with Gasteiger partial charge in [-0.1, -0.05) is 49.4 Å². The van der Waals surface area contributed by atoms with Crippen LogP contribution in [0.25, 0.3) is 0 Å². The predicted molar refractivity (Wildman–Crippen MR) is 177 cm³/mol. The number of carbonyl (C=O) groups is 2. The van der Waals surface area contributed by atoms with E-state index in [2.05, 4.69) is 15.5 Å². The molecule has 2 aromatic rings. The first-order chi connectivity index (χ1) is 22.0. The molecule has 0 unspecified atom stereocenters. The third-order valence-corrected chi connectivity index (χ3v) is 8.80. The lowest BCUT2D eigenvalue weighted by atomic mass is 9.88. The van der Waals surface area contributed by atoms with Crippen molar-refractivity contribution in [3.8, 4) is 5.75 Å². The van der Waals surface area contributed by atoms with Crippen LogP contribution in [0.2, 0.25) is 0 Å². The van der Waals surface area contributed by atoms with Gasteiger partial charge in [0.1, 0.15) is 18.0 Å². The van der Waals surface area contributed by atoms with Crippen molar-refractivity contribution in [2.24, 2.45) is 11.8 Å². The van der Waals surface area contributed by atoms with Gasteiger partial charge in [0.15, 0.2) is 0 Å². The first-order valence-electron chi connectivity index (χ1n) is 16.7. The SMILES string of the molecule is C[C@@H]1CC[C@@H](O)[C@H]1NC(=O)[C@H](Cc1ccc(OCCN2CCOCC2)cc1)C[C@H](O)[C@H](Cc1ccccc1)NC(=O)OC(C)(C)C. The average Bonchev–Trinajstić information content (AvgIpc) is 3.33. The quantitative estimate of drug-likeness (QED) is 0.246. The van der Waals surface area contributed by atoms with Crippen LogP contribution in [0.4, 0.5) is 4.79 Å². The number of hydrogen-bond acceptors (Lipinski definition) is 8. The lowest BCUT2D eigenvalue weighted by Crippen LogP contribution is -2.50. The van der Waals surface area contributed by atoms with E-state index in [1.165, 1.54) is 0 Å². The number of rotatable bonds is 14. The molecule has 1 aliphatic heterocycles. The Morgan fingerprint density at radius 3 is 2.30 bits per heavy atom. The van der Waals surface area contributed by atoms with Gasteiger partial charge in [-0.2, -0.15) is 0 Å². The van der Waals surface area contributed by atoms with E-state index in [0.29, 0.717) is 25.9 Å².